The van der Waals surface area contributed by atoms with E-state index in [1.165, 1.54) is 5.56 Å². The fourth-order valence-corrected chi connectivity index (χ4v) is 4.91. The zero-order chi connectivity index (χ0) is 21.2. The maximum absolute atomic E-state index is 13.7. The summed E-state index contributed by atoms with van der Waals surface area (Å²) in [4.78, 5) is 20.1. The van der Waals surface area contributed by atoms with Crippen LogP contribution in [0.25, 0.3) is 16.9 Å². The number of amides is 1. The van der Waals surface area contributed by atoms with Gasteiger partial charge in [-0.2, -0.15) is 5.10 Å². The van der Waals surface area contributed by atoms with E-state index in [0.717, 1.165) is 41.3 Å². The number of piperidine rings is 1. The third-order valence-electron chi connectivity index (χ3n) is 5.80. The second-order valence-electron chi connectivity index (χ2n) is 8.00. The van der Waals surface area contributed by atoms with E-state index in [2.05, 4.69) is 24.0 Å². The summed E-state index contributed by atoms with van der Waals surface area (Å²) in [6, 6.07) is 18.1. The number of carbonyl (C=O) groups is 1. The van der Waals surface area contributed by atoms with E-state index >= 15 is 0 Å². The van der Waals surface area contributed by atoms with Crippen LogP contribution >= 0.6 is 11.3 Å². The molecule has 0 aliphatic carbocycles. The van der Waals surface area contributed by atoms with Gasteiger partial charge in [0.2, 0.25) is 0 Å². The van der Waals surface area contributed by atoms with Crippen molar-refractivity contribution in [2.45, 2.75) is 25.7 Å². The van der Waals surface area contributed by atoms with Gasteiger partial charge in [0.05, 0.1) is 16.3 Å². The Kier molecular flexibility index (Phi) is 5.38. The molecular weight excluding hydrogens is 404 g/mol. The normalized spacial score (nSPS) is 16.4. The van der Waals surface area contributed by atoms with E-state index in [1.54, 1.807) is 11.3 Å². The number of aryl methyl sites for hydroxylation is 1. The van der Waals surface area contributed by atoms with Gasteiger partial charge in [0.25, 0.3) is 5.91 Å². The third kappa shape index (κ3) is 4.03. The predicted molar refractivity (Wildman–Crippen MR) is 124 cm³/mol. The number of likely N-dealkylation sites (tertiary alicyclic amines) is 1. The number of aromatic nitrogens is 3. The topological polar surface area (TPSA) is 51.0 Å². The van der Waals surface area contributed by atoms with Crippen LogP contribution in [0.15, 0.2) is 72.4 Å². The molecule has 1 saturated heterocycles. The van der Waals surface area contributed by atoms with Gasteiger partial charge >= 0.3 is 0 Å². The van der Waals surface area contributed by atoms with Crippen molar-refractivity contribution in [3.05, 3.63) is 88.5 Å². The van der Waals surface area contributed by atoms with Crippen LogP contribution in [0.3, 0.4) is 0 Å². The van der Waals surface area contributed by atoms with Crippen LogP contribution in [0, 0.1) is 6.92 Å². The molecular formula is C25H24N4OS. The molecule has 2 aromatic carbocycles. The first-order valence-electron chi connectivity index (χ1n) is 10.6. The van der Waals surface area contributed by atoms with Crippen LogP contribution in [0.4, 0.5) is 0 Å². The predicted octanol–water partition coefficient (Wildman–Crippen LogP) is 5.32. The molecule has 3 heterocycles. The average Bonchev–Trinajstić information content (AvgIpc) is 3.51. The monoisotopic (exact) mass is 428 g/mol. The van der Waals surface area contributed by atoms with E-state index in [4.69, 9.17) is 5.10 Å². The average molecular weight is 429 g/mol. The van der Waals surface area contributed by atoms with Crippen LogP contribution in [0.1, 0.15) is 39.7 Å². The van der Waals surface area contributed by atoms with Crippen molar-refractivity contribution >= 4 is 17.2 Å². The quantitative estimate of drug-likeness (QED) is 0.442. The number of nitrogens with zero attached hydrogens (tertiary/aromatic N) is 4. The minimum Gasteiger partial charge on any atom is -0.338 e. The molecule has 1 fully saturated rings. The van der Waals surface area contributed by atoms with Crippen molar-refractivity contribution in [1.82, 2.24) is 19.7 Å². The van der Waals surface area contributed by atoms with E-state index in [1.807, 2.05) is 69.8 Å². The van der Waals surface area contributed by atoms with E-state index < -0.39 is 0 Å². The number of hydrogen-bond acceptors (Lipinski definition) is 4. The smallest absolute Gasteiger partial charge is 0.257 e. The molecule has 31 heavy (non-hydrogen) atoms. The number of thiazole rings is 1. The molecule has 2 aromatic heterocycles. The SMILES string of the molecule is Cc1ccc(-n2cc(C(=O)N3CCCC(c4nccs4)C3)c(-c3ccccc3)n2)cc1. The highest BCUT2D eigenvalue weighted by atomic mass is 32.1. The molecule has 1 aliphatic rings. The summed E-state index contributed by atoms with van der Waals surface area (Å²) in [6.07, 6.45) is 5.79. The van der Waals surface area contributed by atoms with Crippen LogP contribution in [-0.2, 0) is 0 Å². The van der Waals surface area contributed by atoms with Crippen molar-refractivity contribution in [1.29, 1.82) is 0 Å². The lowest BCUT2D eigenvalue weighted by molar-refractivity contribution is 0.0708. The van der Waals surface area contributed by atoms with Crippen molar-refractivity contribution in [2.75, 3.05) is 13.1 Å². The zero-order valence-corrected chi connectivity index (χ0v) is 18.3. The molecule has 0 bridgehead atoms. The first kappa shape index (κ1) is 19.7. The molecule has 4 aromatic rings. The second kappa shape index (κ2) is 8.47. The van der Waals surface area contributed by atoms with Gasteiger partial charge in [-0.3, -0.25) is 4.79 Å². The van der Waals surface area contributed by atoms with Crippen molar-refractivity contribution in [3.63, 3.8) is 0 Å². The lowest BCUT2D eigenvalue weighted by Crippen LogP contribution is -2.39. The van der Waals surface area contributed by atoms with Gasteiger partial charge < -0.3 is 4.90 Å². The van der Waals surface area contributed by atoms with Crippen LogP contribution < -0.4 is 0 Å². The summed E-state index contributed by atoms with van der Waals surface area (Å²) in [5.41, 5.74) is 4.46. The molecule has 0 spiro atoms. The Labute approximate surface area is 186 Å². The Morgan fingerprint density at radius 3 is 2.65 bits per heavy atom. The number of rotatable bonds is 4. The molecule has 1 aliphatic heterocycles. The highest BCUT2D eigenvalue weighted by Gasteiger charge is 2.29. The fourth-order valence-electron chi connectivity index (χ4n) is 4.14. The minimum atomic E-state index is 0.0403. The lowest BCUT2D eigenvalue weighted by atomic mass is 9.97. The summed E-state index contributed by atoms with van der Waals surface area (Å²) < 4.78 is 1.82. The Bertz CT molecular complexity index is 1170. The summed E-state index contributed by atoms with van der Waals surface area (Å²) in [7, 11) is 0. The lowest BCUT2D eigenvalue weighted by Gasteiger charge is -2.31. The number of carbonyl (C=O) groups excluding carboxylic acids is 1. The molecule has 1 amide bonds. The zero-order valence-electron chi connectivity index (χ0n) is 17.4. The van der Waals surface area contributed by atoms with Gasteiger partial charge in [-0.05, 0) is 31.9 Å². The highest BCUT2D eigenvalue weighted by Crippen LogP contribution is 2.31. The van der Waals surface area contributed by atoms with Gasteiger partial charge in [-0.15, -0.1) is 11.3 Å². The summed E-state index contributed by atoms with van der Waals surface area (Å²) in [6.45, 7) is 3.54. The molecule has 6 heteroatoms. The first-order chi connectivity index (χ1) is 15.2. The molecule has 0 N–H and O–H groups in total. The standard InChI is InChI=1S/C25H24N4OS/c1-18-9-11-21(12-10-18)29-17-22(23(27-29)19-6-3-2-4-7-19)25(30)28-14-5-8-20(16-28)24-26-13-15-31-24/h2-4,6-7,9-13,15,17,20H,5,8,14,16H2,1H3. The van der Waals surface area contributed by atoms with Gasteiger partial charge in [0.15, 0.2) is 0 Å². The molecule has 1 atom stereocenters. The molecule has 0 saturated carbocycles. The first-order valence-corrected chi connectivity index (χ1v) is 11.5. The van der Waals surface area contributed by atoms with E-state index in [-0.39, 0.29) is 5.91 Å². The molecule has 5 rings (SSSR count). The summed E-state index contributed by atoms with van der Waals surface area (Å²) >= 11 is 1.68. The maximum Gasteiger partial charge on any atom is 0.257 e. The van der Waals surface area contributed by atoms with E-state index in [0.29, 0.717) is 18.0 Å². The second-order valence-corrected chi connectivity index (χ2v) is 8.92. The maximum atomic E-state index is 13.7. The van der Waals surface area contributed by atoms with Crippen LogP contribution in [0.5, 0.6) is 0 Å². The van der Waals surface area contributed by atoms with Crippen molar-refractivity contribution in [3.8, 4) is 16.9 Å². The summed E-state index contributed by atoms with van der Waals surface area (Å²) in [5, 5.41) is 7.95. The molecule has 5 nitrogen and oxygen atoms in total. The third-order valence-corrected chi connectivity index (χ3v) is 6.74. The number of benzene rings is 2. The molecule has 1 unspecified atom stereocenters. The van der Waals surface area contributed by atoms with Crippen molar-refractivity contribution in [2.24, 2.45) is 0 Å². The van der Waals surface area contributed by atoms with Crippen LogP contribution in [-0.4, -0.2) is 38.7 Å². The molecule has 0 radical (unpaired) electrons. The Balaban J connectivity index is 1.51. The highest BCUT2D eigenvalue weighted by molar-refractivity contribution is 7.09. The van der Waals surface area contributed by atoms with Crippen molar-refractivity contribution < 1.29 is 4.79 Å². The van der Waals surface area contributed by atoms with Gasteiger partial charge in [0.1, 0.15) is 5.69 Å². The van der Waals surface area contributed by atoms with E-state index in [9.17, 15) is 4.79 Å². The van der Waals surface area contributed by atoms with Crippen LogP contribution in [0.2, 0.25) is 0 Å². The van der Waals surface area contributed by atoms with Gasteiger partial charge in [0, 0.05) is 42.3 Å². The largest absolute Gasteiger partial charge is 0.338 e. The minimum absolute atomic E-state index is 0.0403. The Morgan fingerprint density at radius 1 is 1.10 bits per heavy atom. The summed E-state index contributed by atoms with van der Waals surface area (Å²) in [5.74, 6) is 0.350. The van der Waals surface area contributed by atoms with Gasteiger partial charge in [-0.1, -0.05) is 48.0 Å². The fraction of sp³-hybridized carbons (Fsp3) is 0.240. The molecule has 156 valence electrons. The van der Waals surface area contributed by atoms with Gasteiger partial charge in [-0.25, -0.2) is 9.67 Å². The Morgan fingerprint density at radius 2 is 1.90 bits per heavy atom. The number of hydrogen-bond donors (Lipinski definition) is 0. The Hall–Kier alpha value is -3.25.